The maximum absolute atomic E-state index is 5.79. The van der Waals surface area contributed by atoms with Gasteiger partial charge >= 0.3 is 0 Å². The first-order valence-electron chi connectivity index (χ1n) is 5.93. The monoisotopic (exact) mass is 259 g/mol. The van der Waals surface area contributed by atoms with Gasteiger partial charge in [-0.1, -0.05) is 18.2 Å². The maximum atomic E-state index is 5.79. The van der Waals surface area contributed by atoms with Crippen molar-refractivity contribution < 1.29 is 14.2 Å². The van der Waals surface area contributed by atoms with Crippen molar-refractivity contribution in [1.29, 1.82) is 0 Å². The van der Waals surface area contributed by atoms with E-state index in [1.54, 1.807) is 14.2 Å². The number of hydrogen-bond donors (Lipinski definition) is 1. The average molecular weight is 259 g/mol. The third kappa shape index (κ3) is 3.10. The van der Waals surface area contributed by atoms with Gasteiger partial charge in [0, 0.05) is 5.69 Å². The minimum absolute atomic E-state index is 0.428. The summed E-state index contributed by atoms with van der Waals surface area (Å²) in [7, 11) is 3.20. The van der Waals surface area contributed by atoms with Gasteiger partial charge in [-0.15, -0.1) is 0 Å². The molecule has 0 heterocycles. The van der Waals surface area contributed by atoms with Crippen molar-refractivity contribution in [1.82, 2.24) is 0 Å². The van der Waals surface area contributed by atoms with Crippen LogP contribution in [0.3, 0.4) is 0 Å². The Hall–Kier alpha value is -2.36. The molecular weight excluding hydrogens is 242 g/mol. The second-order valence-electron chi connectivity index (χ2n) is 4.02. The molecule has 0 spiro atoms. The molecule has 0 fully saturated rings. The number of nitrogen functional groups attached to an aromatic ring is 1. The van der Waals surface area contributed by atoms with E-state index in [1.807, 2.05) is 42.5 Å². The number of anilines is 1. The van der Waals surface area contributed by atoms with E-state index in [4.69, 9.17) is 19.9 Å². The highest BCUT2D eigenvalue weighted by molar-refractivity contribution is 5.51. The van der Waals surface area contributed by atoms with Crippen LogP contribution in [0.2, 0.25) is 0 Å². The lowest BCUT2D eigenvalue weighted by molar-refractivity contribution is 0.266. The van der Waals surface area contributed by atoms with E-state index >= 15 is 0 Å². The molecule has 0 bridgehead atoms. The summed E-state index contributed by atoms with van der Waals surface area (Å²) in [5.41, 5.74) is 7.41. The minimum atomic E-state index is 0.428. The summed E-state index contributed by atoms with van der Waals surface area (Å²) < 4.78 is 16.3. The first-order chi connectivity index (χ1) is 9.24. The summed E-state index contributed by atoms with van der Waals surface area (Å²) in [4.78, 5) is 0. The van der Waals surface area contributed by atoms with Crippen LogP contribution >= 0.6 is 0 Å². The van der Waals surface area contributed by atoms with Crippen LogP contribution in [0.25, 0.3) is 0 Å². The highest BCUT2D eigenvalue weighted by Crippen LogP contribution is 2.37. The van der Waals surface area contributed by atoms with E-state index in [1.165, 1.54) is 0 Å². The molecule has 0 aromatic heterocycles. The van der Waals surface area contributed by atoms with Crippen molar-refractivity contribution in [2.24, 2.45) is 0 Å². The quantitative estimate of drug-likeness (QED) is 0.839. The Morgan fingerprint density at radius 2 is 1.47 bits per heavy atom. The molecular formula is C15H17NO3. The van der Waals surface area contributed by atoms with Gasteiger partial charge in [-0.2, -0.15) is 0 Å². The van der Waals surface area contributed by atoms with Gasteiger partial charge in [-0.25, -0.2) is 0 Å². The van der Waals surface area contributed by atoms with E-state index in [0.29, 0.717) is 23.9 Å². The number of hydrogen-bond acceptors (Lipinski definition) is 4. The molecule has 0 saturated heterocycles. The summed E-state index contributed by atoms with van der Waals surface area (Å²) in [6.45, 7) is 0.428. The topological polar surface area (TPSA) is 53.7 Å². The van der Waals surface area contributed by atoms with Crippen LogP contribution in [0.4, 0.5) is 5.69 Å². The van der Waals surface area contributed by atoms with Gasteiger partial charge in [0.05, 0.1) is 14.2 Å². The molecule has 0 atom stereocenters. The fraction of sp³-hybridized carbons (Fsp3) is 0.200. The first kappa shape index (κ1) is 13.1. The van der Waals surface area contributed by atoms with Crippen molar-refractivity contribution in [2.45, 2.75) is 6.61 Å². The van der Waals surface area contributed by atoms with E-state index in [0.717, 1.165) is 11.3 Å². The molecule has 0 aliphatic rings. The number of benzene rings is 2. The van der Waals surface area contributed by atoms with Crippen LogP contribution in [-0.4, -0.2) is 14.2 Å². The van der Waals surface area contributed by atoms with Gasteiger partial charge in [-0.05, 0) is 29.8 Å². The van der Waals surface area contributed by atoms with E-state index in [-0.39, 0.29) is 0 Å². The lowest BCUT2D eigenvalue weighted by Crippen LogP contribution is -2.00. The molecule has 0 unspecified atom stereocenters. The predicted molar refractivity (Wildman–Crippen MR) is 74.7 cm³/mol. The van der Waals surface area contributed by atoms with Crippen LogP contribution in [0, 0.1) is 0 Å². The largest absolute Gasteiger partial charge is 0.493 e. The lowest BCUT2D eigenvalue weighted by Gasteiger charge is -2.14. The number of methoxy groups -OCH3 is 2. The van der Waals surface area contributed by atoms with Gasteiger partial charge in [-0.3, -0.25) is 0 Å². The van der Waals surface area contributed by atoms with E-state index in [2.05, 4.69) is 0 Å². The molecule has 0 radical (unpaired) electrons. The Kier molecular flexibility index (Phi) is 4.13. The Bertz CT molecular complexity index is 515. The molecule has 0 amide bonds. The van der Waals surface area contributed by atoms with Gasteiger partial charge in [0.15, 0.2) is 11.5 Å². The average Bonchev–Trinajstić information content (AvgIpc) is 2.46. The number of para-hydroxylation sites is 1. The van der Waals surface area contributed by atoms with Crippen molar-refractivity contribution in [3.63, 3.8) is 0 Å². The molecule has 4 nitrogen and oxygen atoms in total. The van der Waals surface area contributed by atoms with Crippen molar-refractivity contribution >= 4 is 5.69 Å². The molecule has 0 aliphatic heterocycles. The molecule has 2 N–H and O–H groups in total. The van der Waals surface area contributed by atoms with Crippen molar-refractivity contribution in [3.05, 3.63) is 48.0 Å². The molecule has 2 aromatic carbocycles. The first-order valence-corrected chi connectivity index (χ1v) is 5.93. The highest BCUT2D eigenvalue weighted by Gasteiger charge is 2.11. The van der Waals surface area contributed by atoms with E-state index < -0.39 is 0 Å². The standard InChI is InChI=1S/C15H17NO3/c1-17-13-4-3-5-14(18-2)15(13)19-10-11-6-8-12(16)9-7-11/h3-9H,10,16H2,1-2H3. The molecule has 4 heteroatoms. The summed E-state index contributed by atoms with van der Waals surface area (Å²) in [6.07, 6.45) is 0. The zero-order valence-electron chi connectivity index (χ0n) is 11.1. The van der Waals surface area contributed by atoms with Crippen LogP contribution in [-0.2, 0) is 6.61 Å². The fourth-order valence-electron chi connectivity index (χ4n) is 1.73. The normalized spacial score (nSPS) is 10.0. The number of rotatable bonds is 5. The fourth-order valence-corrected chi connectivity index (χ4v) is 1.73. The van der Waals surface area contributed by atoms with Crippen LogP contribution in [0.1, 0.15) is 5.56 Å². The molecule has 100 valence electrons. The Labute approximate surface area is 112 Å². The molecule has 0 aliphatic carbocycles. The third-order valence-corrected chi connectivity index (χ3v) is 2.75. The van der Waals surface area contributed by atoms with Crippen molar-refractivity contribution in [3.8, 4) is 17.2 Å². The lowest BCUT2D eigenvalue weighted by atomic mass is 10.2. The molecule has 2 aromatic rings. The second kappa shape index (κ2) is 6.00. The van der Waals surface area contributed by atoms with Crippen LogP contribution in [0.15, 0.2) is 42.5 Å². The highest BCUT2D eigenvalue weighted by atomic mass is 16.5. The SMILES string of the molecule is COc1cccc(OC)c1OCc1ccc(N)cc1. The van der Waals surface area contributed by atoms with Crippen LogP contribution in [0.5, 0.6) is 17.2 Å². The molecule has 19 heavy (non-hydrogen) atoms. The van der Waals surface area contributed by atoms with Gasteiger partial charge in [0.2, 0.25) is 5.75 Å². The Morgan fingerprint density at radius 1 is 0.895 bits per heavy atom. The number of nitrogens with two attached hydrogens (primary N) is 1. The van der Waals surface area contributed by atoms with Crippen LogP contribution < -0.4 is 19.9 Å². The zero-order valence-corrected chi connectivity index (χ0v) is 11.1. The molecule has 2 rings (SSSR count). The van der Waals surface area contributed by atoms with Gasteiger partial charge in [0.25, 0.3) is 0 Å². The molecule has 0 saturated carbocycles. The minimum Gasteiger partial charge on any atom is -0.493 e. The van der Waals surface area contributed by atoms with E-state index in [9.17, 15) is 0 Å². The smallest absolute Gasteiger partial charge is 0.203 e. The summed E-state index contributed by atoms with van der Waals surface area (Å²) in [5.74, 6) is 1.90. The summed E-state index contributed by atoms with van der Waals surface area (Å²) >= 11 is 0. The third-order valence-electron chi connectivity index (χ3n) is 2.75. The zero-order chi connectivity index (χ0) is 13.7. The van der Waals surface area contributed by atoms with Crippen molar-refractivity contribution in [2.75, 3.05) is 20.0 Å². The van der Waals surface area contributed by atoms with Gasteiger partial charge < -0.3 is 19.9 Å². The summed E-state index contributed by atoms with van der Waals surface area (Å²) in [6, 6.07) is 13.1. The predicted octanol–water partition coefficient (Wildman–Crippen LogP) is 2.87. The Balaban J connectivity index is 2.16. The second-order valence-corrected chi connectivity index (χ2v) is 4.02. The number of ether oxygens (including phenoxy) is 3. The summed E-state index contributed by atoms with van der Waals surface area (Å²) in [5, 5.41) is 0. The van der Waals surface area contributed by atoms with Gasteiger partial charge in [0.1, 0.15) is 6.61 Å². The maximum Gasteiger partial charge on any atom is 0.203 e. The Morgan fingerprint density at radius 3 is 2.00 bits per heavy atom.